The molecule has 4 rings (SSSR count). The lowest BCUT2D eigenvalue weighted by atomic mass is 10.0. The number of unbranched alkanes of at least 4 members (excludes halogenated alkanes) is 6. The normalized spacial score (nSPS) is 12.1. The lowest BCUT2D eigenvalue weighted by molar-refractivity contribution is 0.0735. The van der Waals surface area contributed by atoms with Gasteiger partial charge in [0.2, 0.25) is 0 Å². The van der Waals surface area contributed by atoms with Gasteiger partial charge in [0.25, 0.3) is 16.6 Å². The molecule has 0 spiro atoms. The van der Waals surface area contributed by atoms with Crippen LogP contribution in [0.25, 0.3) is 21.5 Å². The van der Waals surface area contributed by atoms with Crippen molar-refractivity contribution >= 4 is 44.1 Å². The Kier molecular flexibility index (Phi) is 16.8. The molecule has 4 nitrogen and oxygen atoms in total. The quantitative estimate of drug-likeness (QED) is 0.0408. The first-order valence-electron chi connectivity index (χ1n) is 20.9. The summed E-state index contributed by atoms with van der Waals surface area (Å²) in [5.41, 5.74) is 1.69. The topological polar surface area (TPSA) is 44.8 Å². The zero-order chi connectivity index (χ0) is 37.4. The van der Waals surface area contributed by atoms with E-state index in [0.29, 0.717) is 17.1 Å². The second kappa shape index (κ2) is 21.0. The number of esters is 1. The number of hydrogen-bond donors (Lipinski definition) is 0. The molecule has 0 aliphatic carbocycles. The Labute approximate surface area is 318 Å². The fourth-order valence-electron chi connectivity index (χ4n) is 7.76. The van der Waals surface area contributed by atoms with Crippen LogP contribution >= 0.6 is 0 Å². The van der Waals surface area contributed by atoms with Gasteiger partial charge in [0.1, 0.15) is 22.8 Å². The third-order valence-corrected chi connectivity index (χ3v) is 19.8. The maximum atomic E-state index is 14.8. The van der Waals surface area contributed by atoms with E-state index in [0.717, 1.165) is 121 Å². The van der Waals surface area contributed by atoms with Crippen LogP contribution in [0.4, 0.5) is 0 Å². The Morgan fingerprint density at radius 2 is 1.02 bits per heavy atom. The molecule has 52 heavy (non-hydrogen) atoms. The molecule has 4 aromatic carbocycles. The van der Waals surface area contributed by atoms with Crippen molar-refractivity contribution < 1.29 is 18.4 Å². The van der Waals surface area contributed by atoms with Gasteiger partial charge in [0.05, 0.1) is 0 Å². The number of fused-ring (bicyclic) bond motifs is 2. The third kappa shape index (κ3) is 11.0. The SMILES string of the molecule is CCCC[Si](CCCC)(CCCC)Oc1cc(C(=O)Oc2cccc3ccccc23)c(O[Si](CCCC)(CCCC)CCCC)c2ccc(C)cc12. The van der Waals surface area contributed by atoms with Crippen LogP contribution in [0.2, 0.25) is 36.3 Å². The zero-order valence-corrected chi connectivity index (χ0v) is 35.7. The number of carbonyl (C=O) groups excluding carboxylic acids is 1. The standard InChI is InChI=1S/C46H68O4Si2/c1-8-14-29-51(30-15-9-2,31-16-10-3)49-44-36-42(46(47)48-43-26-22-24-38-23-20-21-25-39(38)43)45(40-28-27-37(7)35-41(40)44)50-52(32-17-11-4,33-18-12-5)34-19-13-6/h20-28,35-36H,8-19,29-34H2,1-7H3. The molecule has 0 atom stereocenters. The number of benzene rings is 4. The number of hydrogen-bond acceptors (Lipinski definition) is 4. The molecule has 0 heterocycles. The minimum absolute atomic E-state index is 0.369. The summed E-state index contributed by atoms with van der Waals surface area (Å²) in [5.74, 6) is 1.76. The van der Waals surface area contributed by atoms with Gasteiger partial charge >= 0.3 is 5.97 Å². The highest BCUT2D eigenvalue weighted by atomic mass is 28.4. The average Bonchev–Trinajstić information content (AvgIpc) is 3.16. The largest absolute Gasteiger partial charge is 0.543 e. The molecule has 0 fully saturated rings. The molecule has 0 aromatic heterocycles. The lowest BCUT2D eigenvalue weighted by Gasteiger charge is -2.36. The fourth-order valence-corrected chi connectivity index (χ4v) is 17.2. The van der Waals surface area contributed by atoms with E-state index in [1.807, 2.05) is 36.4 Å². The maximum absolute atomic E-state index is 14.8. The summed E-state index contributed by atoms with van der Waals surface area (Å²) >= 11 is 0. The minimum atomic E-state index is -2.30. The van der Waals surface area contributed by atoms with E-state index in [1.54, 1.807) is 0 Å². The first-order valence-corrected chi connectivity index (χ1v) is 26.0. The maximum Gasteiger partial charge on any atom is 0.347 e. The van der Waals surface area contributed by atoms with Crippen LogP contribution in [0.15, 0.2) is 66.7 Å². The van der Waals surface area contributed by atoms with Gasteiger partial charge in [-0.1, -0.05) is 173 Å². The van der Waals surface area contributed by atoms with Crippen molar-refractivity contribution in [2.45, 2.75) is 162 Å². The molecule has 284 valence electrons. The van der Waals surface area contributed by atoms with E-state index >= 15 is 0 Å². The van der Waals surface area contributed by atoms with E-state index in [4.69, 9.17) is 13.6 Å². The van der Waals surface area contributed by atoms with Crippen LogP contribution < -0.4 is 13.6 Å². The van der Waals surface area contributed by atoms with Gasteiger partial charge in [-0.25, -0.2) is 4.79 Å². The van der Waals surface area contributed by atoms with Gasteiger partial charge in [-0.2, -0.15) is 0 Å². The molecule has 0 saturated carbocycles. The monoisotopic (exact) mass is 740 g/mol. The fraction of sp³-hybridized carbons (Fsp3) is 0.543. The summed E-state index contributed by atoms with van der Waals surface area (Å²) < 4.78 is 21.6. The Hall–Kier alpha value is -3.10. The zero-order valence-electron chi connectivity index (χ0n) is 33.7. The second-order valence-electron chi connectivity index (χ2n) is 15.4. The number of carbonyl (C=O) groups is 1. The van der Waals surface area contributed by atoms with E-state index in [9.17, 15) is 4.79 Å². The Balaban J connectivity index is 1.99. The molecule has 0 aliphatic heterocycles. The molecule has 0 radical (unpaired) electrons. The van der Waals surface area contributed by atoms with Crippen LogP contribution in [-0.4, -0.2) is 22.6 Å². The van der Waals surface area contributed by atoms with E-state index in [1.165, 1.54) is 24.8 Å². The Morgan fingerprint density at radius 3 is 1.56 bits per heavy atom. The van der Waals surface area contributed by atoms with Crippen molar-refractivity contribution in [3.8, 4) is 17.2 Å². The summed E-state index contributed by atoms with van der Waals surface area (Å²) in [7, 11) is -4.50. The third-order valence-electron chi connectivity index (χ3n) is 10.9. The van der Waals surface area contributed by atoms with Crippen LogP contribution in [0.5, 0.6) is 17.2 Å². The molecule has 6 heteroatoms. The van der Waals surface area contributed by atoms with Gasteiger partial charge < -0.3 is 13.6 Å². The molecule has 0 aliphatic rings. The summed E-state index contributed by atoms with van der Waals surface area (Å²) in [5, 5.41) is 4.03. The highest BCUT2D eigenvalue weighted by Gasteiger charge is 2.39. The molecule has 0 unspecified atom stereocenters. The molecule has 0 saturated heterocycles. The molecular weight excluding hydrogens is 673 g/mol. The van der Waals surface area contributed by atoms with Gasteiger partial charge in [0.15, 0.2) is 0 Å². The molecule has 0 bridgehead atoms. The first kappa shape index (κ1) is 41.7. The highest BCUT2D eigenvalue weighted by molar-refractivity contribution is 6.75. The van der Waals surface area contributed by atoms with Crippen molar-refractivity contribution in [3.05, 3.63) is 77.9 Å². The van der Waals surface area contributed by atoms with Crippen LogP contribution in [0.1, 0.15) is 135 Å². The van der Waals surface area contributed by atoms with Gasteiger partial charge in [-0.05, 0) is 66.8 Å². The molecule has 4 aromatic rings. The molecule has 0 amide bonds. The van der Waals surface area contributed by atoms with Gasteiger partial charge in [-0.3, -0.25) is 0 Å². The van der Waals surface area contributed by atoms with Gasteiger partial charge in [-0.15, -0.1) is 0 Å². The van der Waals surface area contributed by atoms with E-state index < -0.39 is 16.6 Å². The average molecular weight is 741 g/mol. The van der Waals surface area contributed by atoms with Crippen molar-refractivity contribution in [1.29, 1.82) is 0 Å². The Bertz CT molecular complexity index is 1650. The highest BCUT2D eigenvalue weighted by Crippen LogP contribution is 2.44. The second-order valence-corrected chi connectivity index (χ2v) is 23.5. The number of aryl methyl sites for hydroxylation is 1. The minimum Gasteiger partial charge on any atom is -0.543 e. The smallest absolute Gasteiger partial charge is 0.347 e. The van der Waals surface area contributed by atoms with Crippen molar-refractivity contribution in [3.63, 3.8) is 0 Å². The van der Waals surface area contributed by atoms with Gasteiger partial charge in [0, 0.05) is 16.2 Å². The predicted octanol–water partition coefficient (Wildman–Crippen LogP) is 15.0. The summed E-state index contributed by atoms with van der Waals surface area (Å²) in [4.78, 5) is 14.8. The molecule has 0 N–H and O–H groups in total. The summed E-state index contributed by atoms with van der Waals surface area (Å²) in [6, 6.07) is 29.5. The van der Waals surface area contributed by atoms with E-state index in [-0.39, 0.29) is 5.97 Å². The first-order chi connectivity index (χ1) is 25.3. The summed E-state index contributed by atoms with van der Waals surface area (Å²) in [6.07, 6.45) is 13.9. The number of ether oxygens (including phenoxy) is 1. The summed E-state index contributed by atoms with van der Waals surface area (Å²) in [6.45, 7) is 15.9. The van der Waals surface area contributed by atoms with Crippen molar-refractivity contribution in [1.82, 2.24) is 0 Å². The Morgan fingerprint density at radius 1 is 0.519 bits per heavy atom. The predicted molar refractivity (Wildman–Crippen MR) is 229 cm³/mol. The van der Waals surface area contributed by atoms with Crippen molar-refractivity contribution in [2.75, 3.05) is 0 Å². The van der Waals surface area contributed by atoms with Crippen LogP contribution in [0, 0.1) is 6.92 Å². The lowest BCUT2D eigenvalue weighted by Crippen LogP contribution is -2.42. The van der Waals surface area contributed by atoms with Crippen LogP contribution in [-0.2, 0) is 0 Å². The van der Waals surface area contributed by atoms with E-state index in [2.05, 4.69) is 78.8 Å². The van der Waals surface area contributed by atoms with Crippen LogP contribution in [0.3, 0.4) is 0 Å². The number of rotatable bonds is 24. The van der Waals surface area contributed by atoms with Crippen molar-refractivity contribution in [2.24, 2.45) is 0 Å². The molecular formula is C46H68O4Si2.